The Morgan fingerprint density at radius 3 is 2.93 bits per heavy atom. The lowest BCUT2D eigenvalue weighted by atomic mass is 9.98. The van der Waals surface area contributed by atoms with Gasteiger partial charge in [0.2, 0.25) is 5.91 Å². The molecule has 0 aromatic heterocycles. The maximum atomic E-state index is 11.5. The first-order valence-corrected chi connectivity index (χ1v) is 6.15. The Balaban J connectivity index is 2.30. The van der Waals surface area contributed by atoms with Crippen molar-refractivity contribution in [1.82, 2.24) is 9.80 Å². The Labute approximate surface area is 97.4 Å². The van der Waals surface area contributed by atoms with Crippen molar-refractivity contribution < 1.29 is 4.79 Å². The number of carbonyl (C=O) groups is 1. The first kappa shape index (κ1) is 12.8. The van der Waals surface area contributed by atoms with Gasteiger partial charge >= 0.3 is 0 Å². The molecule has 1 amide bonds. The van der Waals surface area contributed by atoms with Crippen molar-refractivity contribution in [2.24, 2.45) is 5.92 Å². The number of nitrogens with zero attached hydrogens (tertiary/aromatic N) is 2. The quantitative estimate of drug-likeness (QED) is 0.685. The normalized spacial score (nSPS) is 22.7. The number of halogens is 1. The van der Waals surface area contributed by atoms with Gasteiger partial charge in [-0.2, -0.15) is 0 Å². The molecule has 1 atom stereocenters. The second-order valence-corrected chi connectivity index (χ2v) is 4.86. The lowest BCUT2D eigenvalue weighted by Gasteiger charge is -2.32. The first-order chi connectivity index (χ1) is 7.13. The van der Waals surface area contributed by atoms with E-state index in [2.05, 4.69) is 11.9 Å². The summed E-state index contributed by atoms with van der Waals surface area (Å²) in [7, 11) is 4.02. The summed E-state index contributed by atoms with van der Waals surface area (Å²) in [6.07, 6.45) is 2.95. The molecule has 0 radical (unpaired) electrons. The van der Waals surface area contributed by atoms with Gasteiger partial charge in [0, 0.05) is 32.4 Å². The summed E-state index contributed by atoms with van der Waals surface area (Å²) in [5, 5.41) is 0. The van der Waals surface area contributed by atoms with E-state index in [1.165, 1.54) is 19.4 Å². The van der Waals surface area contributed by atoms with E-state index in [-0.39, 0.29) is 5.91 Å². The predicted octanol–water partition coefficient (Wildman–Crippen LogP) is 1.42. The molecule has 1 rings (SSSR count). The molecule has 0 aromatic carbocycles. The van der Waals surface area contributed by atoms with Crippen molar-refractivity contribution in [2.45, 2.75) is 19.3 Å². The van der Waals surface area contributed by atoms with Crippen molar-refractivity contribution in [3.63, 3.8) is 0 Å². The van der Waals surface area contributed by atoms with Crippen LogP contribution in [0.3, 0.4) is 0 Å². The summed E-state index contributed by atoms with van der Waals surface area (Å²) in [5.74, 6) is 1.22. The highest BCUT2D eigenvalue weighted by Gasteiger charge is 2.20. The van der Waals surface area contributed by atoms with Gasteiger partial charge in [0.15, 0.2) is 0 Å². The molecule has 1 aliphatic rings. The van der Waals surface area contributed by atoms with Crippen LogP contribution in [-0.4, -0.2) is 55.3 Å². The number of amides is 1. The van der Waals surface area contributed by atoms with Crippen LogP contribution in [0.4, 0.5) is 0 Å². The number of alkyl halides is 1. The third-order valence-corrected chi connectivity index (χ3v) is 3.18. The molecule has 1 aliphatic heterocycles. The summed E-state index contributed by atoms with van der Waals surface area (Å²) in [4.78, 5) is 15.7. The number of likely N-dealkylation sites (tertiary alicyclic amines) is 1. The van der Waals surface area contributed by atoms with Gasteiger partial charge < -0.3 is 9.80 Å². The fourth-order valence-electron chi connectivity index (χ4n) is 2.18. The fraction of sp³-hybridized carbons (Fsp3) is 0.909. The predicted molar refractivity (Wildman–Crippen MR) is 63.2 cm³/mol. The van der Waals surface area contributed by atoms with Crippen LogP contribution in [0.1, 0.15) is 19.3 Å². The molecule has 0 saturated carbocycles. The molecule has 15 heavy (non-hydrogen) atoms. The maximum absolute atomic E-state index is 11.5. The number of carbonyl (C=O) groups excluding carboxylic acids is 1. The summed E-state index contributed by atoms with van der Waals surface area (Å²) >= 11 is 5.55. The van der Waals surface area contributed by atoms with Crippen LogP contribution in [0.15, 0.2) is 0 Å². The number of rotatable bonds is 4. The minimum absolute atomic E-state index is 0.165. The molecule has 3 nitrogen and oxygen atoms in total. The Bertz CT molecular complexity index is 211. The second-order valence-electron chi connectivity index (χ2n) is 4.48. The van der Waals surface area contributed by atoms with Gasteiger partial charge in [0.25, 0.3) is 0 Å². The van der Waals surface area contributed by atoms with Crippen LogP contribution in [0, 0.1) is 5.92 Å². The van der Waals surface area contributed by atoms with Gasteiger partial charge in [0.1, 0.15) is 0 Å². The zero-order valence-electron chi connectivity index (χ0n) is 9.71. The Morgan fingerprint density at radius 2 is 2.33 bits per heavy atom. The van der Waals surface area contributed by atoms with Gasteiger partial charge in [-0.1, -0.05) is 0 Å². The Morgan fingerprint density at radius 1 is 1.60 bits per heavy atom. The van der Waals surface area contributed by atoms with Crippen molar-refractivity contribution >= 4 is 17.5 Å². The minimum Gasteiger partial charge on any atom is -0.345 e. The van der Waals surface area contributed by atoms with E-state index < -0.39 is 0 Å². The topological polar surface area (TPSA) is 23.6 Å². The third-order valence-electron chi connectivity index (χ3n) is 2.99. The monoisotopic (exact) mass is 232 g/mol. The molecule has 0 spiro atoms. The van der Waals surface area contributed by atoms with Crippen LogP contribution < -0.4 is 0 Å². The van der Waals surface area contributed by atoms with Gasteiger partial charge in [-0.25, -0.2) is 0 Å². The van der Waals surface area contributed by atoms with Crippen molar-refractivity contribution in [1.29, 1.82) is 0 Å². The Hall–Kier alpha value is -0.280. The molecule has 0 bridgehead atoms. The first-order valence-electron chi connectivity index (χ1n) is 5.62. The van der Waals surface area contributed by atoms with E-state index in [0.29, 0.717) is 18.2 Å². The molecule has 1 fully saturated rings. The maximum Gasteiger partial charge on any atom is 0.223 e. The molecule has 88 valence electrons. The lowest BCUT2D eigenvalue weighted by Crippen LogP contribution is -2.40. The summed E-state index contributed by atoms with van der Waals surface area (Å²) in [6, 6.07) is 0. The van der Waals surface area contributed by atoms with Crippen LogP contribution in [0.25, 0.3) is 0 Å². The molecule has 1 unspecified atom stereocenters. The minimum atomic E-state index is 0.165. The average Bonchev–Trinajstić information content (AvgIpc) is 2.18. The van der Waals surface area contributed by atoms with Crippen molar-refractivity contribution in [2.75, 3.05) is 39.6 Å². The highest BCUT2D eigenvalue weighted by atomic mass is 35.5. The molecular weight excluding hydrogens is 212 g/mol. The molecule has 0 aromatic rings. The lowest BCUT2D eigenvalue weighted by molar-refractivity contribution is -0.130. The molecule has 0 N–H and O–H groups in total. The number of hydrogen-bond acceptors (Lipinski definition) is 2. The van der Waals surface area contributed by atoms with E-state index in [0.717, 1.165) is 13.1 Å². The zero-order chi connectivity index (χ0) is 11.3. The highest BCUT2D eigenvalue weighted by molar-refractivity contribution is 6.18. The number of piperidine rings is 1. The van der Waals surface area contributed by atoms with Crippen LogP contribution in [0.5, 0.6) is 0 Å². The Kier molecular flexibility index (Phi) is 5.40. The molecular formula is C11H21ClN2O. The van der Waals surface area contributed by atoms with Crippen LogP contribution in [0.2, 0.25) is 0 Å². The molecule has 1 heterocycles. The zero-order valence-corrected chi connectivity index (χ0v) is 10.5. The van der Waals surface area contributed by atoms with Gasteiger partial charge in [-0.05, 0) is 32.4 Å². The van der Waals surface area contributed by atoms with E-state index in [1.807, 2.05) is 11.9 Å². The standard InChI is InChI=1S/C11H21ClN2O/c1-13-7-3-4-10(8-13)9-14(2)11(15)5-6-12/h10H,3-9H2,1-2H3. The molecule has 4 heteroatoms. The van der Waals surface area contributed by atoms with E-state index in [9.17, 15) is 4.79 Å². The average molecular weight is 233 g/mol. The fourth-order valence-corrected chi connectivity index (χ4v) is 2.34. The van der Waals surface area contributed by atoms with Gasteiger partial charge in [-0.3, -0.25) is 4.79 Å². The number of hydrogen-bond donors (Lipinski definition) is 0. The largest absolute Gasteiger partial charge is 0.345 e. The van der Waals surface area contributed by atoms with E-state index in [4.69, 9.17) is 11.6 Å². The van der Waals surface area contributed by atoms with Gasteiger partial charge in [0.05, 0.1) is 0 Å². The van der Waals surface area contributed by atoms with E-state index >= 15 is 0 Å². The van der Waals surface area contributed by atoms with Crippen LogP contribution >= 0.6 is 11.6 Å². The molecule has 1 saturated heterocycles. The van der Waals surface area contributed by atoms with Crippen LogP contribution in [-0.2, 0) is 4.79 Å². The van der Waals surface area contributed by atoms with Gasteiger partial charge in [-0.15, -0.1) is 11.6 Å². The highest BCUT2D eigenvalue weighted by Crippen LogP contribution is 2.16. The van der Waals surface area contributed by atoms with Crippen molar-refractivity contribution in [3.05, 3.63) is 0 Å². The molecule has 0 aliphatic carbocycles. The summed E-state index contributed by atoms with van der Waals surface area (Å²) in [5.41, 5.74) is 0. The SMILES string of the molecule is CN1CCCC(CN(C)C(=O)CCCl)C1. The summed E-state index contributed by atoms with van der Waals surface area (Å²) in [6.45, 7) is 3.17. The van der Waals surface area contributed by atoms with Crippen molar-refractivity contribution in [3.8, 4) is 0 Å². The third kappa shape index (κ3) is 4.39. The summed E-state index contributed by atoms with van der Waals surface area (Å²) < 4.78 is 0. The van der Waals surface area contributed by atoms with E-state index in [1.54, 1.807) is 0 Å². The second kappa shape index (κ2) is 6.33. The smallest absolute Gasteiger partial charge is 0.223 e.